The molecule has 0 aliphatic heterocycles. The van der Waals surface area contributed by atoms with Crippen molar-refractivity contribution in [1.29, 1.82) is 0 Å². The van der Waals surface area contributed by atoms with Gasteiger partial charge in [0.15, 0.2) is 5.82 Å². The molecule has 1 rings (SSSR count). The maximum Gasteiger partial charge on any atom is 0.159 e. The molecule has 0 fully saturated rings. The standard InChI is InChI=1S/C12H19ClN2O/c1-4-7-9-8-11(13)15-12(14-9)10(5-2)16-6-3/h8,10H,4-7H2,1-3H3. The molecule has 0 saturated carbocycles. The Labute approximate surface area is 102 Å². The summed E-state index contributed by atoms with van der Waals surface area (Å²) in [5, 5.41) is 0.506. The van der Waals surface area contributed by atoms with E-state index in [-0.39, 0.29) is 6.10 Å². The van der Waals surface area contributed by atoms with E-state index in [2.05, 4.69) is 23.8 Å². The van der Waals surface area contributed by atoms with Crippen LogP contribution in [0.15, 0.2) is 6.07 Å². The average molecular weight is 243 g/mol. The Balaban J connectivity index is 2.92. The van der Waals surface area contributed by atoms with Crippen molar-refractivity contribution in [1.82, 2.24) is 9.97 Å². The van der Waals surface area contributed by atoms with Crippen LogP contribution in [-0.2, 0) is 11.2 Å². The van der Waals surface area contributed by atoms with Gasteiger partial charge in [0.1, 0.15) is 11.3 Å². The van der Waals surface area contributed by atoms with Crippen molar-refractivity contribution >= 4 is 11.6 Å². The average Bonchev–Trinajstić information content (AvgIpc) is 2.25. The maximum absolute atomic E-state index is 5.98. The summed E-state index contributed by atoms with van der Waals surface area (Å²) in [6.07, 6.45) is 2.80. The van der Waals surface area contributed by atoms with Gasteiger partial charge in [0.05, 0.1) is 0 Å². The molecule has 1 aromatic rings. The molecule has 0 amide bonds. The predicted octanol–water partition coefficient (Wildman–Crippen LogP) is 3.57. The van der Waals surface area contributed by atoms with E-state index in [1.165, 1.54) is 0 Å². The fourth-order valence-electron chi connectivity index (χ4n) is 1.59. The van der Waals surface area contributed by atoms with Crippen molar-refractivity contribution in [3.63, 3.8) is 0 Å². The van der Waals surface area contributed by atoms with E-state index < -0.39 is 0 Å². The van der Waals surface area contributed by atoms with Crippen LogP contribution in [0, 0.1) is 0 Å². The van der Waals surface area contributed by atoms with Crippen molar-refractivity contribution < 1.29 is 4.74 Å². The molecule has 0 bridgehead atoms. The first-order chi connectivity index (χ1) is 7.71. The highest BCUT2D eigenvalue weighted by Gasteiger charge is 2.14. The van der Waals surface area contributed by atoms with Crippen molar-refractivity contribution in [2.45, 2.75) is 46.1 Å². The number of ether oxygens (including phenoxy) is 1. The van der Waals surface area contributed by atoms with Gasteiger partial charge in [-0.1, -0.05) is 31.9 Å². The fourth-order valence-corrected chi connectivity index (χ4v) is 1.80. The van der Waals surface area contributed by atoms with Gasteiger partial charge in [0.25, 0.3) is 0 Å². The number of hydrogen-bond donors (Lipinski definition) is 0. The summed E-state index contributed by atoms with van der Waals surface area (Å²) >= 11 is 5.98. The van der Waals surface area contributed by atoms with Gasteiger partial charge in [-0.2, -0.15) is 0 Å². The third-order valence-corrected chi connectivity index (χ3v) is 2.49. The Bertz CT molecular complexity index is 331. The highest BCUT2D eigenvalue weighted by molar-refractivity contribution is 6.29. The van der Waals surface area contributed by atoms with Crippen LogP contribution in [0.5, 0.6) is 0 Å². The van der Waals surface area contributed by atoms with E-state index in [0.717, 1.165) is 25.0 Å². The molecular weight excluding hydrogens is 224 g/mol. The molecular formula is C12H19ClN2O. The van der Waals surface area contributed by atoms with Crippen LogP contribution in [0.25, 0.3) is 0 Å². The lowest BCUT2D eigenvalue weighted by molar-refractivity contribution is 0.0533. The molecule has 1 unspecified atom stereocenters. The minimum Gasteiger partial charge on any atom is -0.371 e. The SMILES string of the molecule is CCCc1cc(Cl)nc(C(CC)OCC)n1. The van der Waals surface area contributed by atoms with Gasteiger partial charge in [-0.3, -0.25) is 0 Å². The van der Waals surface area contributed by atoms with E-state index in [1.54, 1.807) is 0 Å². The summed E-state index contributed by atoms with van der Waals surface area (Å²) in [6, 6.07) is 1.83. The summed E-state index contributed by atoms with van der Waals surface area (Å²) < 4.78 is 5.58. The molecule has 4 heteroatoms. The molecule has 0 aliphatic rings. The Morgan fingerprint density at radius 1 is 1.31 bits per heavy atom. The summed E-state index contributed by atoms with van der Waals surface area (Å²) in [5.74, 6) is 0.709. The van der Waals surface area contributed by atoms with Crippen molar-refractivity contribution in [2.24, 2.45) is 0 Å². The molecule has 0 aromatic carbocycles. The van der Waals surface area contributed by atoms with Crippen LogP contribution >= 0.6 is 11.6 Å². The highest BCUT2D eigenvalue weighted by atomic mass is 35.5. The number of nitrogens with zero attached hydrogens (tertiary/aromatic N) is 2. The monoisotopic (exact) mass is 242 g/mol. The first-order valence-electron chi connectivity index (χ1n) is 5.86. The van der Waals surface area contributed by atoms with Gasteiger partial charge < -0.3 is 4.74 Å². The summed E-state index contributed by atoms with van der Waals surface area (Å²) in [5.41, 5.74) is 0.996. The van der Waals surface area contributed by atoms with Gasteiger partial charge in [-0.25, -0.2) is 9.97 Å². The second-order valence-electron chi connectivity index (χ2n) is 3.64. The van der Waals surface area contributed by atoms with E-state index in [1.807, 2.05) is 13.0 Å². The first-order valence-corrected chi connectivity index (χ1v) is 6.23. The molecule has 0 radical (unpaired) electrons. The van der Waals surface area contributed by atoms with Gasteiger partial charge >= 0.3 is 0 Å². The van der Waals surface area contributed by atoms with Gasteiger partial charge in [0, 0.05) is 12.3 Å². The minimum absolute atomic E-state index is 0.0423. The molecule has 0 spiro atoms. The largest absolute Gasteiger partial charge is 0.371 e. The van der Waals surface area contributed by atoms with Gasteiger partial charge in [-0.05, 0) is 25.8 Å². The molecule has 0 N–H and O–H groups in total. The topological polar surface area (TPSA) is 35.0 Å². The molecule has 1 atom stereocenters. The van der Waals surface area contributed by atoms with Crippen LogP contribution in [-0.4, -0.2) is 16.6 Å². The molecule has 3 nitrogen and oxygen atoms in total. The number of aromatic nitrogens is 2. The number of halogens is 1. The summed E-state index contributed by atoms with van der Waals surface area (Å²) in [4.78, 5) is 8.73. The minimum atomic E-state index is -0.0423. The molecule has 90 valence electrons. The highest BCUT2D eigenvalue weighted by Crippen LogP contribution is 2.20. The molecule has 16 heavy (non-hydrogen) atoms. The lowest BCUT2D eigenvalue weighted by atomic mass is 10.2. The van der Waals surface area contributed by atoms with E-state index in [4.69, 9.17) is 16.3 Å². The molecule has 1 heterocycles. The fraction of sp³-hybridized carbons (Fsp3) is 0.667. The summed E-state index contributed by atoms with van der Waals surface area (Å²) in [7, 11) is 0. The second kappa shape index (κ2) is 6.81. The molecule has 0 aliphatic carbocycles. The van der Waals surface area contributed by atoms with Crippen LogP contribution in [0.1, 0.15) is 51.2 Å². The summed E-state index contributed by atoms with van der Waals surface area (Å²) in [6.45, 7) is 6.82. The van der Waals surface area contributed by atoms with Crippen molar-refractivity contribution in [2.75, 3.05) is 6.61 Å². The van der Waals surface area contributed by atoms with Crippen LogP contribution in [0.4, 0.5) is 0 Å². The molecule has 1 aromatic heterocycles. The van der Waals surface area contributed by atoms with Crippen molar-refractivity contribution in [3.8, 4) is 0 Å². The number of hydrogen-bond acceptors (Lipinski definition) is 3. The van der Waals surface area contributed by atoms with E-state index >= 15 is 0 Å². The Kier molecular flexibility index (Phi) is 5.71. The normalized spacial score (nSPS) is 12.8. The Morgan fingerprint density at radius 3 is 2.62 bits per heavy atom. The first kappa shape index (κ1) is 13.4. The Morgan fingerprint density at radius 2 is 2.06 bits per heavy atom. The Hall–Kier alpha value is -0.670. The van der Waals surface area contributed by atoms with Crippen molar-refractivity contribution in [3.05, 3.63) is 22.7 Å². The lowest BCUT2D eigenvalue weighted by Crippen LogP contribution is -2.09. The number of aryl methyl sites for hydroxylation is 1. The lowest BCUT2D eigenvalue weighted by Gasteiger charge is -2.14. The third kappa shape index (κ3) is 3.72. The van der Waals surface area contributed by atoms with Crippen LogP contribution in [0.2, 0.25) is 5.15 Å². The molecule has 0 saturated heterocycles. The van der Waals surface area contributed by atoms with Crippen LogP contribution in [0.3, 0.4) is 0 Å². The zero-order valence-corrected chi connectivity index (χ0v) is 10.9. The van der Waals surface area contributed by atoms with E-state index in [0.29, 0.717) is 17.6 Å². The number of rotatable bonds is 6. The maximum atomic E-state index is 5.98. The zero-order chi connectivity index (χ0) is 12.0. The third-order valence-electron chi connectivity index (χ3n) is 2.30. The zero-order valence-electron chi connectivity index (χ0n) is 10.2. The van der Waals surface area contributed by atoms with Crippen LogP contribution < -0.4 is 0 Å². The smallest absolute Gasteiger partial charge is 0.159 e. The quantitative estimate of drug-likeness (QED) is 0.716. The van der Waals surface area contributed by atoms with E-state index in [9.17, 15) is 0 Å². The van der Waals surface area contributed by atoms with Gasteiger partial charge in [-0.15, -0.1) is 0 Å². The second-order valence-corrected chi connectivity index (χ2v) is 4.03. The predicted molar refractivity (Wildman–Crippen MR) is 65.7 cm³/mol. The van der Waals surface area contributed by atoms with Gasteiger partial charge in [0.2, 0.25) is 0 Å².